The number of amides is 2. The summed E-state index contributed by atoms with van der Waals surface area (Å²) in [7, 11) is 3.90. The Hall–Kier alpha value is -3.25. The number of anilines is 2. The van der Waals surface area contributed by atoms with Gasteiger partial charge in [0.2, 0.25) is 0 Å². The second-order valence-corrected chi connectivity index (χ2v) is 6.87. The molecule has 0 aromatic heterocycles. The summed E-state index contributed by atoms with van der Waals surface area (Å²) in [5.74, 6) is -0.850. The number of carbonyl (C=O) groups excluding carboxylic acids is 2. The van der Waals surface area contributed by atoms with E-state index in [1.807, 2.05) is 61.5 Å². The fourth-order valence-corrected chi connectivity index (χ4v) is 3.25. The first-order chi connectivity index (χ1) is 13.4. The number of rotatable bonds is 5. The number of thiocarbonyl (C=S) groups is 1. The highest BCUT2D eigenvalue weighted by molar-refractivity contribution is 7.80. The normalized spacial score (nSPS) is 15.9. The van der Waals surface area contributed by atoms with E-state index in [2.05, 4.69) is 6.58 Å². The van der Waals surface area contributed by atoms with Crippen LogP contribution in [0.15, 0.2) is 72.8 Å². The highest BCUT2D eigenvalue weighted by atomic mass is 32.1. The van der Waals surface area contributed by atoms with Gasteiger partial charge in [-0.15, -0.1) is 6.58 Å². The Balaban J connectivity index is 2.05. The summed E-state index contributed by atoms with van der Waals surface area (Å²) < 4.78 is 0. The molecule has 0 radical (unpaired) electrons. The lowest BCUT2D eigenvalue weighted by Crippen LogP contribution is -2.56. The van der Waals surface area contributed by atoms with Gasteiger partial charge in [-0.2, -0.15) is 0 Å². The van der Waals surface area contributed by atoms with Crippen molar-refractivity contribution in [3.05, 3.63) is 78.4 Å². The first-order valence-electron chi connectivity index (χ1n) is 8.79. The van der Waals surface area contributed by atoms with Crippen molar-refractivity contribution in [3.63, 3.8) is 0 Å². The number of nitrogens with zero attached hydrogens (tertiary/aromatic N) is 3. The topological polar surface area (TPSA) is 43.9 Å². The maximum atomic E-state index is 13.2. The Morgan fingerprint density at radius 2 is 1.64 bits per heavy atom. The molecule has 1 heterocycles. The second kappa shape index (κ2) is 8.19. The molecule has 1 fully saturated rings. The van der Waals surface area contributed by atoms with Crippen molar-refractivity contribution < 1.29 is 9.59 Å². The Kier molecular flexibility index (Phi) is 5.70. The molecule has 0 atom stereocenters. The average Bonchev–Trinajstić information content (AvgIpc) is 2.70. The molecule has 6 heteroatoms. The summed E-state index contributed by atoms with van der Waals surface area (Å²) in [6.45, 7) is 3.92. The van der Waals surface area contributed by atoms with Crippen LogP contribution in [0.3, 0.4) is 0 Å². The van der Waals surface area contributed by atoms with E-state index in [0.717, 1.165) is 11.3 Å². The SMILES string of the molecule is C=CCN1C(=O)C(=Cc2ccc(N(C)C)cc2)C(=O)N(c2ccccc2)C1=S. The molecule has 3 rings (SSSR count). The molecule has 28 heavy (non-hydrogen) atoms. The van der Waals surface area contributed by atoms with Crippen LogP contribution < -0.4 is 9.80 Å². The van der Waals surface area contributed by atoms with Gasteiger partial charge in [-0.1, -0.05) is 36.4 Å². The predicted octanol–water partition coefficient (Wildman–Crippen LogP) is 3.48. The maximum Gasteiger partial charge on any atom is 0.270 e. The van der Waals surface area contributed by atoms with Gasteiger partial charge in [-0.25, -0.2) is 0 Å². The van der Waals surface area contributed by atoms with E-state index in [9.17, 15) is 9.59 Å². The van der Waals surface area contributed by atoms with Gasteiger partial charge in [0, 0.05) is 26.3 Å². The van der Waals surface area contributed by atoms with Crippen molar-refractivity contribution in [1.29, 1.82) is 0 Å². The zero-order valence-corrected chi connectivity index (χ0v) is 16.6. The minimum Gasteiger partial charge on any atom is -0.378 e. The second-order valence-electron chi connectivity index (χ2n) is 6.51. The molecular formula is C22H21N3O2S. The van der Waals surface area contributed by atoms with E-state index in [0.29, 0.717) is 5.69 Å². The zero-order chi connectivity index (χ0) is 20.3. The predicted molar refractivity (Wildman–Crippen MR) is 117 cm³/mol. The number of hydrogen-bond acceptors (Lipinski definition) is 4. The van der Waals surface area contributed by atoms with Crippen molar-refractivity contribution in [2.24, 2.45) is 0 Å². The van der Waals surface area contributed by atoms with E-state index in [1.54, 1.807) is 24.3 Å². The lowest BCUT2D eigenvalue weighted by atomic mass is 10.1. The molecule has 0 N–H and O–H groups in total. The third-order valence-corrected chi connectivity index (χ3v) is 4.78. The van der Waals surface area contributed by atoms with E-state index in [-0.39, 0.29) is 17.2 Å². The van der Waals surface area contributed by atoms with Crippen LogP contribution in [0.1, 0.15) is 5.56 Å². The number of carbonyl (C=O) groups is 2. The molecule has 5 nitrogen and oxygen atoms in total. The summed E-state index contributed by atoms with van der Waals surface area (Å²) >= 11 is 5.44. The Morgan fingerprint density at radius 1 is 1.00 bits per heavy atom. The molecular weight excluding hydrogens is 370 g/mol. The van der Waals surface area contributed by atoms with Gasteiger partial charge in [-0.05, 0) is 48.1 Å². The van der Waals surface area contributed by atoms with Crippen LogP contribution in [0.2, 0.25) is 0 Å². The summed E-state index contributed by atoms with van der Waals surface area (Å²) in [4.78, 5) is 30.9. The fraction of sp³-hybridized carbons (Fsp3) is 0.136. The van der Waals surface area contributed by atoms with E-state index < -0.39 is 11.8 Å². The van der Waals surface area contributed by atoms with Gasteiger partial charge in [0.05, 0.1) is 5.69 Å². The number of hydrogen-bond donors (Lipinski definition) is 0. The summed E-state index contributed by atoms with van der Waals surface area (Å²) in [6, 6.07) is 16.7. The molecule has 0 unspecified atom stereocenters. The average molecular weight is 391 g/mol. The largest absolute Gasteiger partial charge is 0.378 e. The Morgan fingerprint density at radius 3 is 2.21 bits per heavy atom. The lowest BCUT2D eigenvalue weighted by Gasteiger charge is -2.36. The van der Waals surface area contributed by atoms with Crippen LogP contribution in [0.25, 0.3) is 6.08 Å². The summed E-state index contributed by atoms with van der Waals surface area (Å²) in [5.41, 5.74) is 2.48. The van der Waals surface area contributed by atoms with Crippen LogP contribution in [0, 0.1) is 0 Å². The first-order valence-corrected chi connectivity index (χ1v) is 9.20. The third kappa shape index (κ3) is 3.73. The highest BCUT2D eigenvalue weighted by Crippen LogP contribution is 2.26. The van der Waals surface area contributed by atoms with E-state index in [4.69, 9.17) is 12.2 Å². The van der Waals surface area contributed by atoms with E-state index >= 15 is 0 Å². The van der Waals surface area contributed by atoms with Gasteiger partial charge in [0.15, 0.2) is 5.11 Å². The molecule has 142 valence electrons. The molecule has 2 amide bonds. The molecule has 2 aromatic rings. The first kappa shape index (κ1) is 19.5. The van der Waals surface area contributed by atoms with Gasteiger partial charge in [0.25, 0.3) is 11.8 Å². The smallest absolute Gasteiger partial charge is 0.270 e. The molecule has 2 aromatic carbocycles. The lowest BCUT2D eigenvalue weighted by molar-refractivity contribution is -0.127. The maximum absolute atomic E-state index is 13.2. The summed E-state index contributed by atoms with van der Waals surface area (Å²) in [5, 5.41) is 0.154. The van der Waals surface area contributed by atoms with Crippen LogP contribution in [-0.4, -0.2) is 42.5 Å². The van der Waals surface area contributed by atoms with Crippen LogP contribution in [-0.2, 0) is 9.59 Å². The quantitative estimate of drug-likeness (QED) is 0.339. The van der Waals surface area contributed by atoms with Crippen molar-refractivity contribution in [2.45, 2.75) is 0 Å². The van der Waals surface area contributed by atoms with Gasteiger partial charge < -0.3 is 4.90 Å². The minimum atomic E-state index is -0.432. The monoisotopic (exact) mass is 391 g/mol. The van der Waals surface area contributed by atoms with Crippen LogP contribution in [0.5, 0.6) is 0 Å². The molecule has 1 saturated heterocycles. The minimum absolute atomic E-state index is 0.0666. The zero-order valence-electron chi connectivity index (χ0n) is 15.8. The van der Waals surface area contributed by atoms with E-state index in [1.165, 1.54) is 9.80 Å². The van der Waals surface area contributed by atoms with Gasteiger partial charge >= 0.3 is 0 Å². The van der Waals surface area contributed by atoms with Gasteiger partial charge in [-0.3, -0.25) is 19.4 Å². The van der Waals surface area contributed by atoms with Crippen molar-refractivity contribution in [1.82, 2.24) is 4.90 Å². The fourth-order valence-electron chi connectivity index (χ4n) is 2.91. The molecule has 1 aliphatic heterocycles. The standard InChI is InChI=1S/C22H21N3O2S/c1-4-14-24-20(26)19(15-16-10-12-17(13-11-16)23(2)3)21(27)25(22(24)28)18-8-6-5-7-9-18/h4-13,15H,1,14H2,2-3H3. The van der Waals surface area contributed by atoms with Crippen LogP contribution in [0.4, 0.5) is 11.4 Å². The van der Waals surface area contributed by atoms with Crippen molar-refractivity contribution in [2.75, 3.05) is 30.4 Å². The molecule has 0 aliphatic carbocycles. The summed E-state index contributed by atoms with van der Waals surface area (Å²) in [6.07, 6.45) is 3.20. The molecule has 0 spiro atoms. The van der Waals surface area contributed by atoms with Gasteiger partial charge in [0.1, 0.15) is 5.57 Å². The molecule has 0 saturated carbocycles. The molecule has 1 aliphatic rings. The van der Waals surface area contributed by atoms with Crippen molar-refractivity contribution in [3.8, 4) is 0 Å². The number of para-hydroxylation sites is 1. The Labute approximate surface area is 170 Å². The highest BCUT2D eigenvalue weighted by Gasteiger charge is 2.39. The third-order valence-electron chi connectivity index (χ3n) is 4.38. The number of benzene rings is 2. The van der Waals surface area contributed by atoms with Crippen molar-refractivity contribution >= 4 is 46.6 Å². The Bertz CT molecular complexity index is 950. The van der Waals surface area contributed by atoms with Crippen LogP contribution >= 0.6 is 12.2 Å². The molecule has 0 bridgehead atoms.